The van der Waals surface area contributed by atoms with Crippen LogP contribution in [0.4, 0.5) is 5.69 Å². The highest BCUT2D eigenvalue weighted by Gasteiger charge is 2.17. The van der Waals surface area contributed by atoms with Gasteiger partial charge in [0.15, 0.2) is 23.2 Å². The third-order valence-electron chi connectivity index (χ3n) is 10.3. The SMILES string of the molecule is [C-]#[N+]c1cccc(-c2cccc(-c3cccc(-c4nc(-c5ccccc5)nc(-c5ccc6c(c5)oc5cccc(-c7cccc(-c8ccccc8)c7)c56)n4)c3)c2)c1. The van der Waals surface area contributed by atoms with E-state index in [9.17, 15) is 0 Å². The second-order valence-electron chi connectivity index (χ2n) is 13.9. The molecule has 5 heteroatoms. The average Bonchev–Trinajstić information content (AvgIpc) is 3.68. The summed E-state index contributed by atoms with van der Waals surface area (Å²) >= 11 is 0. The van der Waals surface area contributed by atoms with Crippen LogP contribution in [0.15, 0.2) is 199 Å². The molecule has 57 heavy (non-hydrogen) atoms. The van der Waals surface area contributed by atoms with Gasteiger partial charge in [0.1, 0.15) is 11.2 Å². The molecular formula is C52H32N4O. The third kappa shape index (κ3) is 6.52. The summed E-state index contributed by atoms with van der Waals surface area (Å²) in [5, 5.41) is 2.10. The quantitative estimate of drug-likeness (QED) is 0.153. The van der Waals surface area contributed by atoms with Crippen LogP contribution < -0.4 is 0 Å². The molecule has 266 valence electrons. The topological polar surface area (TPSA) is 56.2 Å². The van der Waals surface area contributed by atoms with Crippen LogP contribution in [0.1, 0.15) is 0 Å². The summed E-state index contributed by atoms with van der Waals surface area (Å²) in [7, 11) is 0. The molecule has 0 radical (unpaired) electrons. The van der Waals surface area contributed by atoms with Crippen molar-refractivity contribution >= 4 is 27.6 Å². The van der Waals surface area contributed by atoms with Crippen molar-refractivity contribution in [1.29, 1.82) is 0 Å². The minimum Gasteiger partial charge on any atom is -0.456 e. The Morgan fingerprint density at radius 2 is 0.825 bits per heavy atom. The van der Waals surface area contributed by atoms with Crippen molar-refractivity contribution in [3.8, 4) is 78.7 Å². The molecule has 0 aliphatic heterocycles. The second kappa shape index (κ2) is 14.4. The minimum absolute atomic E-state index is 0.559. The lowest BCUT2D eigenvalue weighted by Crippen LogP contribution is -2.00. The Morgan fingerprint density at radius 1 is 0.351 bits per heavy atom. The maximum atomic E-state index is 7.45. The van der Waals surface area contributed by atoms with Gasteiger partial charge >= 0.3 is 0 Å². The van der Waals surface area contributed by atoms with Crippen LogP contribution in [-0.4, -0.2) is 15.0 Å². The lowest BCUT2D eigenvalue weighted by molar-refractivity contribution is 0.669. The van der Waals surface area contributed by atoms with Crippen LogP contribution >= 0.6 is 0 Å². The Morgan fingerprint density at radius 3 is 1.49 bits per heavy atom. The number of nitrogens with zero attached hydrogens (tertiary/aromatic N) is 4. The summed E-state index contributed by atoms with van der Waals surface area (Å²) in [6, 6.07) is 66.0. The zero-order chi connectivity index (χ0) is 38.1. The lowest BCUT2D eigenvalue weighted by Gasteiger charge is -2.10. The maximum Gasteiger partial charge on any atom is 0.187 e. The van der Waals surface area contributed by atoms with Crippen molar-refractivity contribution in [2.75, 3.05) is 0 Å². The fourth-order valence-corrected chi connectivity index (χ4v) is 7.52. The molecular weight excluding hydrogens is 697 g/mol. The zero-order valence-electron chi connectivity index (χ0n) is 30.7. The van der Waals surface area contributed by atoms with E-state index in [2.05, 4.69) is 114 Å². The van der Waals surface area contributed by atoms with Gasteiger partial charge in [-0.15, -0.1) is 0 Å². The highest BCUT2D eigenvalue weighted by atomic mass is 16.3. The molecule has 0 bridgehead atoms. The number of hydrogen-bond donors (Lipinski definition) is 0. The molecule has 0 spiro atoms. The maximum absolute atomic E-state index is 7.45. The molecule has 0 N–H and O–H groups in total. The fraction of sp³-hybridized carbons (Fsp3) is 0. The van der Waals surface area contributed by atoms with Crippen molar-refractivity contribution in [2.45, 2.75) is 0 Å². The standard InChI is InChI=1S/C52H32N4O/c1-53-44-24-11-21-40(32-44)38-19-8-18-37(29-38)39-20-10-23-42(31-39)51-54-50(35-15-6-3-7-16-35)55-52(56-51)43-27-28-46-48(33-43)57-47-26-12-25-45(49(46)47)41-22-9-17-36(30-41)34-13-4-2-5-14-34/h2-33H. The number of rotatable bonds is 7. The van der Waals surface area contributed by atoms with E-state index < -0.39 is 0 Å². The summed E-state index contributed by atoms with van der Waals surface area (Å²) in [6.07, 6.45) is 0. The molecule has 2 aromatic heterocycles. The molecule has 0 fully saturated rings. The van der Waals surface area contributed by atoms with Crippen molar-refractivity contribution in [3.63, 3.8) is 0 Å². The zero-order valence-corrected chi connectivity index (χ0v) is 30.7. The van der Waals surface area contributed by atoms with Crippen molar-refractivity contribution < 1.29 is 4.42 Å². The van der Waals surface area contributed by atoms with Crippen LogP contribution in [-0.2, 0) is 0 Å². The van der Waals surface area contributed by atoms with E-state index in [1.807, 2.05) is 84.9 Å². The van der Waals surface area contributed by atoms with E-state index in [0.717, 1.165) is 72.0 Å². The summed E-state index contributed by atoms with van der Waals surface area (Å²) in [4.78, 5) is 18.7. The Kier molecular flexibility index (Phi) is 8.48. The van der Waals surface area contributed by atoms with Crippen LogP contribution in [0.3, 0.4) is 0 Å². The first-order chi connectivity index (χ1) is 28.2. The first-order valence-corrected chi connectivity index (χ1v) is 18.8. The summed E-state index contributed by atoms with van der Waals surface area (Å²) in [6.45, 7) is 7.45. The van der Waals surface area contributed by atoms with Gasteiger partial charge in [-0.1, -0.05) is 152 Å². The largest absolute Gasteiger partial charge is 0.456 e. The van der Waals surface area contributed by atoms with Crippen LogP contribution in [0.5, 0.6) is 0 Å². The number of fused-ring (bicyclic) bond motifs is 3. The fourth-order valence-electron chi connectivity index (χ4n) is 7.52. The van der Waals surface area contributed by atoms with Gasteiger partial charge in [0.2, 0.25) is 0 Å². The Hall–Kier alpha value is -7.94. The number of aromatic nitrogens is 3. The van der Waals surface area contributed by atoms with Gasteiger partial charge in [0.25, 0.3) is 0 Å². The molecule has 0 aliphatic rings. The molecule has 0 saturated heterocycles. The molecule has 10 rings (SSSR count). The van der Waals surface area contributed by atoms with Gasteiger partial charge < -0.3 is 4.42 Å². The first-order valence-electron chi connectivity index (χ1n) is 18.8. The number of hydrogen-bond acceptors (Lipinski definition) is 4. The van der Waals surface area contributed by atoms with Crippen molar-refractivity contribution in [2.24, 2.45) is 0 Å². The molecule has 2 heterocycles. The van der Waals surface area contributed by atoms with E-state index >= 15 is 0 Å². The van der Waals surface area contributed by atoms with Crippen molar-refractivity contribution in [1.82, 2.24) is 15.0 Å². The third-order valence-corrected chi connectivity index (χ3v) is 10.3. The lowest BCUT2D eigenvalue weighted by atomic mass is 9.96. The normalized spacial score (nSPS) is 11.1. The van der Waals surface area contributed by atoms with E-state index in [0.29, 0.717) is 23.2 Å². The van der Waals surface area contributed by atoms with Crippen LogP contribution in [0, 0.1) is 6.57 Å². The Bertz CT molecular complexity index is 3140. The van der Waals surface area contributed by atoms with Gasteiger partial charge in [-0.3, -0.25) is 0 Å². The molecule has 5 nitrogen and oxygen atoms in total. The van der Waals surface area contributed by atoms with Gasteiger partial charge in [-0.25, -0.2) is 19.8 Å². The van der Waals surface area contributed by atoms with E-state index in [1.165, 1.54) is 11.1 Å². The Balaban J connectivity index is 1.06. The predicted molar refractivity (Wildman–Crippen MR) is 231 cm³/mol. The van der Waals surface area contributed by atoms with E-state index in [-0.39, 0.29) is 0 Å². The molecule has 0 amide bonds. The van der Waals surface area contributed by atoms with Crippen molar-refractivity contribution in [3.05, 3.63) is 206 Å². The molecule has 0 aliphatic carbocycles. The van der Waals surface area contributed by atoms with Crippen LogP contribution in [0.2, 0.25) is 0 Å². The van der Waals surface area contributed by atoms with Gasteiger partial charge in [0, 0.05) is 27.5 Å². The monoisotopic (exact) mass is 728 g/mol. The summed E-state index contributed by atoms with van der Waals surface area (Å²) < 4.78 is 6.55. The highest BCUT2D eigenvalue weighted by molar-refractivity contribution is 6.13. The minimum atomic E-state index is 0.559. The van der Waals surface area contributed by atoms with E-state index in [4.69, 9.17) is 25.9 Å². The average molecular weight is 729 g/mol. The Labute approximate surface area is 330 Å². The van der Waals surface area contributed by atoms with Gasteiger partial charge in [-0.2, -0.15) is 0 Å². The predicted octanol–water partition coefficient (Wildman–Crippen LogP) is 14.0. The summed E-state index contributed by atoms with van der Waals surface area (Å²) in [5.74, 6) is 1.73. The van der Waals surface area contributed by atoms with Gasteiger partial charge in [0.05, 0.1) is 6.57 Å². The number of benzene rings is 8. The highest BCUT2D eigenvalue weighted by Crippen LogP contribution is 2.39. The smallest absolute Gasteiger partial charge is 0.187 e. The van der Waals surface area contributed by atoms with E-state index in [1.54, 1.807) is 0 Å². The summed E-state index contributed by atoms with van der Waals surface area (Å²) in [5.41, 5.74) is 13.6. The van der Waals surface area contributed by atoms with Gasteiger partial charge in [-0.05, 0) is 87.0 Å². The molecule has 10 aromatic rings. The first kappa shape index (κ1) is 33.6. The second-order valence-corrected chi connectivity index (χ2v) is 13.9. The van der Waals surface area contributed by atoms with Crippen LogP contribution in [0.25, 0.3) is 105 Å². The molecule has 0 atom stereocenters. The molecule has 0 unspecified atom stereocenters. The number of furan rings is 1. The molecule has 8 aromatic carbocycles. The molecule has 0 saturated carbocycles.